The van der Waals surface area contributed by atoms with Gasteiger partial charge in [-0.05, 0) is 36.1 Å². The Balaban J connectivity index is 1.38. The summed E-state index contributed by atoms with van der Waals surface area (Å²) in [4.78, 5) is 41.1. The average Bonchev–Trinajstić information content (AvgIpc) is 3.08. The first-order valence-corrected chi connectivity index (χ1v) is 13.1. The molecule has 2 aromatic rings. The van der Waals surface area contributed by atoms with Crippen LogP contribution in [-0.2, 0) is 25.2 Å². The van der Waals surface area contributed by atoms with E-state index in [4.69, 9.17) is 0 Å². The van der Waals surface area contributed by atoms with Gasteiger partial charge in [-0.15, -0.1) is 0 Å². The molecule has 186 valence electrons. The minimum atomic E-state index is -3.67. The molecule has 35 heavy (non-hydrogen) atoms. The molecule has 9 nitrogen and oxygen atoms in total. The second kappa shape index (κ2) is 9.43. The van der Waals surface area contributed by atoms with Crippen molar-refractivity contribution in [2.75, 3.05) is 32.7 Å². The first-order chi connectivity index (χ1) is 16.5. The van der Waals surface area contributed by atoms with Crippen LogP contribution in [0.15, 0.2) is 59.5 Å². The van der Waals surface area contributed by atoms with Crippen LogP contribution in [0.5, 0.6) is 0 Å². The van der Waals surface area contributed by atoms with Gasteiger partial charge in [0.05, 0.1) is 4.90 Å². The second-order valence-electron chi connectivity index (χ2n) is 9.32. The molecule has 2 saturated heterocycles. The first-order valence-electron chi connectivity index (χ1n) is 11.6. The summed E-state index contributed by atoms with van der Waals surface area (Å²) >= 11 is 0. The first kappa shape index (κ1) is 24.9. The fourth-order valence-corrected chi connectivity index (χ4v) is 5.82. The van der Waals surface area contributed by atoms with Gasteiger partial charge >= 0.3 is 6.03 Å². The zero-order valence-corrected chi connectivity index (χ0v) is 20.9. The van der Waals surface area contributed by atoms with Crippen molar-refractivity contribution in [3.63, 3.8) is 0 Å². The highest BCUT2D eigenvalue weighted by Gasteiger charge is 2.49. The smallest absolute Gasteiger partial charge is 0.325 e. The Hall–Kier alpha value is -3.24. The summed E-state index contributed by atoms with van der Waals surface area (Å²) in [6, 6.07) is 15.1. The van der Waals surface area contributed by atoms with Gasteiger partial charge in [0, 0.05) is 26.2 Å². The largest absolute Gasteiger partial charge is 0.338 e. The predicted molar refractivity (Wildman–Crippen MR) is 130 cm³/mol. The summed E-state index contributed by atoms with van der Waals surface area (Å²) in [6.45, 7) is 5.95. The van der Waals surface area contributed by atoms with Crippen LogP contribution in [0.1, 0.15) is 37.8 Å². The molecule has 1 atom stereocenters. The van der Waals surface area contributed by atoms with Crippen LogP contribution in [-0.4, -0.2) is 73.1 Å². The quantitative estimate of drug-likeness (QED) is 0.614. The Morgan fingerprint density at radius 3 is 2.14 bits per heavy atom. The third-order valence-corrected chi connectivity index (χ3v) is 8.61. The zero-order valence-electron chi connectivity index (χ0n) is 20.1. The molecule has 0 aliphatic carbocycles. The zero-order chi connectivity index (χ0) is 25.4. The van der Waals surface area contributed by atoms with Crippen molar-refractivity contribution >= 4 is 27.9 Å². The number of carbonyl (C=O) groups is 3. The second-order valence-corrected chi connectivity index (χ2v) is 11.3. The standard InChI is InChI=1S/C25H30N4O5S/c1-18(2)19-9-11-21(12-10-19)35(33,34)28-15-13-27(14-16-28)22(30)17-29-23(31)25(3,26-24(29)32)20-7-5-4-6-8-20/h4-12,18H,13-17H2,1-3H3,(H,26,32)/t25-/m0/s1. The molecule has 0 radical (unpaired) electrons. The molecule has 2 fully saturated rings. The molecule has 2 aliphatic heterocycles. The topological polar surface area (TPSA) is 107 Å². The minimum Gasteiger partial charge on any atom is -0.338 e. The maximum Gasteiger partial charge on any atom is 0.325 e. The van der Waals surface area contributed by atoms with Crippen LogP contribution in [0, 0.1) is 0 Å². The Kier molecular flexibility index (Phi) is 6.70. The van der Waals surface area contributed by atoms with Crippen molar-refractivity contribution in [2.24, 2.45) is 0 Å². The van der Waals surface area contributed by atoms with Crippen LogP contribution >= 0.6 is 0 Å². The third-order valence-electron chi connectivity index (χ3n) is 6.70. The van der Waals surface area contributed by atoms with Crippen molar-refractivity contribution in [2.45, 2.75) is 37.1 Å². The molecule has 1 N–H and O–H groups in total. The van der Waals surface area contributed by atoms with E-state index in [0.29, 0.717) is 11.5 Å². The number of amides is 4. The van der Waals surface area contributed by atoms with Gasteiger partial charge in [0.25, 0.3) is 5.91 Å². The molecule has 0 aromatic heterocycles. The summed E-state index contributed by atoms with van der Waals surface area (Å²) in [5, 5.41) is 2.69. The molecule has 2 aliphatic rings. The number of carbonyl (C=O) groups excluding carboxylic acids is 3. The van der Waals surface area contributed by atoms with E-state index in [9.17, 15) is 22.8 Å². The highest BCUT2D eigenvalue weighted by molar-refractivity contribution is 7.89. The highest BCUT2D eigenvalue weighted by Crippen LogP contribution is 2.28. The van der Waals surface area contributed by atoms with E-state index < -0.39 is 40.0 Å². The summed E-state index contributed by atoms with van der Waals surface area (Å²) < 4.78 is 27.4. The Morgan fingerprint density at radius 2 is 1.57 bits per heavy atom. The SMILES string of the molecule is CC(C)c1ccc(S(=O)(=O)N2CCN(C(=O)CN3C(=O)N[C@@](C)(c4ccccc4)C3=O)CC2)cc1. The van der Waals surface area contributed by atoms with Gasteiger partial charge in [-0.1, -0.05) is 56.3 Å². The molecule has 2 aromatic carbocycles. The molecule has 0 unspecified atom stereocenters. The summed E-state index contributed by atoms with van der Waals surface area (Å²) in [6.07, 6.45) is 0. The molecule has 2 heterocycles. The van der Waals surface area contributed by atoms with Gasteiger partial charge in [-0.3, -0.25) is 14.5 Å². The van der Waals surface area contributed by atoms with E-state index in [-0.39, 0.29) is 31.1 Å². The van der Waals surface area contributed by atoms with E-state index in [0.717, 1.165) is 10.5 Å². The van der Waals surface area contributed by atoms with Crippen molar-refractivity contribution in [1.82, 2.24) is 19.4 Å². The Morgan fingerprint density at radius 1 is 0.971 bits per heavy atom. The lowest BCUT2D eigenvalue weighted by atomic mass is 9.92. The van der Waals surface area contributed by atoms with Crippen LogP contribution in [0.25, 0.3) is 0 Å². The average molecular weight is 499 g/mol. The number of hydrogen-bond donors (Lipinski definition) is 1. The number of nitrogens with one attached hydrogen (secondary N) is 1. The maximum atomic E-state index is 13.0. The lowest BCUT2D eigenvalue weighted by molar-refractivity contribution is -0.139. The number of nitrogens with zero attached hydrogens (tertiary/aromatic N) is 3. The lowest BCUT2D eigenvalue weighted by Crippen LogP contribution is -2.53. The molecule has 4 rings (SSSR count). The number of hydrogen-bond acceptors (Lipinski definition) is 5. The van der Waals surface area contributed by atoms with Crippen molar-refractivity contribution in [3.8, 4) is 0 Å². The van der Waals surface area contributed by atoms with Gasteiger partial charge in [0.1, 0.15) is 12.1 Å². The highest BCUT2D eigenvalue weighted by atomic mass is 32.2. The number of sulfonamides is 1. The van der Waals surface area contributed by atoms with Crippen molar-refractivity contribution in [3.05, 3.63) is 65.7 Å². The Labute approximate surface area is 205 Å². The van der Waals surface area contributed by atoms with Crippen molar-refractivity contribution < 1.29 is 22.8 Å². The number of imide groups is 1. The number of urea groups is 1. The van der Waals surface area contributed by atoms with E-state index >= 15 is 0 Å². The van der Waals surface area contributed by atoms with E-state index in [1.165, 1.54) is 9.21 Å². The minimum absolute atomic E-state index is 0.141. The van der Waals surface area contributed by atoms with Crippen LogP contribution in [0.3, 0.4) is 0 Å². The Bertz CT molecular complexity index is 1220. The number of rotatable bonds is 6. The van der Waals surface area contributed by atoms with Gasteiger partial charge in [-0.2, -0.15) is 4.31 Å². The fraction of sp³-hybridized carbons (Fsp3) is 0.400. The molecule has 4 amide bonds. The van der Waals surface area contributed by atoms with Gasteiger partial charge in [0.2, 0.25) is 15.9 Å². The monoisotopic (exact) mass is 498 g/mol. The van der Waals surface area contributed by atoms with E-state index in [2.05, 4.69) is 5.32 Å². The predicted octanol–water partition coefficient (Wildman–Crippen LogP) is 2.11. The lowest BCUT2D eigenvalue weighted by Gasteiger charge is -2.34. The third kappa shape index (κ3) is 4.68. The molecule has 0 spiro atoms. The van der Waals surface area contributed by atoms with Crippen LogP contribution in [0.2, 0.25) is 0 Å². The van der Waals surface area contributed by atoms with Crippen molar-refractivity contribution in [1.29, 1.82) is 0 Å². The van der Waals surface area contributed by atoms with E-state index in [1.807, 2.05) is 32.0 Å². The maximum absolute atomic E-state index is 13.0. The van der Waals surface area contributed by atoms with Crippen LogP contribution < -0.4 is 5.32 Å². The summed E-state index contributed by atoms with van der Waals surface area (Å²) in [7, 11) is -3.67. The normalized spacial score (nSPS) is 21.5. The molecular formula is C25H30N4O5S. The molecule has 10 heteroatoms. The number of piperazine rings is 1. The summed E-state index contributed by atoms with van der Waals surface area (Å²) in [5.74, 6) is -0.589. The molecule has 0 bridgehead atoms. The van der Waals surface area contributed by atoms with Gasteiger partial charge in [-0.25, -0.2) is 13.2 Å². The number of benzene rings is 2. The van der Waals surface area contributed by atoms with Crippen LogP contribution in [0.4, 0.5) is 4.79 Å². The van der Waals surface area contributed by atoms with E-state index in [1.54, 1.807) is 43.3 Å². The summed E-state index contributed by atoms with van der Waals surface area (Å²) in [5.41, 5.74) is 0.452. The molecular weight excluding hydrogens is 468 g/mol. The fourth-order valence-electron chi connectivity index (χ4n) is 4.39. The van der Waals surface area contributed by atoms with Gasteiger partial charge in [0.15, 0.2) is 0 Å². The molecule has 0 saturated carbocycles. The van der Waals surface area contributed by atoms with Gasteiger partial charge < -0.3 is 10.2 Å².